The molecule has 0 atom stereocenters. The third-order valence-electron chi connectivity index (χ3n) is 2.44. The van der Waals surface area contributed by atoms with E-state index in [1.54, 1.807) is 6.92 Å². The Morgan fingerprint density at radius 3 is 2.74 bits per heavy atom. The number of hydrogen-bond acceptors (Lipinski definition) is 6. The summed E-state index contributed by atoms with van der Waals surface area (Å²) in [6.07, 6.45) is 0.881. The summed E-state index contributed by atoms with van der Waals surface area (Å²) < 4.78 is 36.2. The van der Waals surface area contributed by atoms with E-state index in [-0.39, 0.29) is 23.0 Å². The molecule has 0 aliphatic heterocycles. The van der Waals surface area contributed by atoms with Gasteiger partial charge in [-0.3, -0.25) is 0 Å². The predicted molar refractivity (Wildman–Crippen MR) is 68.3 cm³/mol. The van der Waals surface area contributed by atoms with Crippen LogP contribution in [0.1, 0.15) is 29.7 Å². The van der Waals surface area contributed by atoms with Crippen molar-refractivity contribution in [3.8, 4) is 0 Å². The van der Waals surface area contributed by atoms with Crippen LogP contribution in [-0.2, 0) is 21.2 Å². The van der Waals surface area contributed by atoms with E-state index in [9.17, 15) is 13.2 Å². The molecule has 1 aromatic heterocycles. The van der Waals surface area contributed by atoms with E-state index in [0.29, 0.717) is 19.4 Å². The first kappa shape index (κ1) is 15.7. The Balaban J connectivity index is 3.04. The molecule has 1 heterocycles. The number of nitrogens with two attached hydrogens (primary N) is 1. The standard InChI is InChI=1S/C11H18N2O5S/c1-3-8-10(7-9(18-8)11(14)17-2)19(15,16)13-6-4-5-12/h7,13H,3-6,12H2,1-2H3. The Morgan fingerprint density at radius 2 is 2.21 bits per heavy atom. The molecule has 8 heteroatoms. The summed E-state index contributed by atoms with van der Waals surface area (Å²) in [5.74, 6) is -0.614. The van der Waals surface area contributed by atoms with E-state index in [1.165, 1.54) is 13.2 Å². The molecule has 0 aromatic carbocycles. The minimum absolute atomic E-state index is 0.0348. The molecule has 0 saturated heterocycles. The molecule has 7 nitrogen and oxygen atoms in total. The average molecular weight is 290 g/mol. The number of ether oxygens (including phenoxy) is 1. The van der Waals surface area contributed by atoms with Gasteiger partial charge in [-0.2, -0.15) is 0 Å². The molecule has 0 saturated carbocycles. The zero-order valence-electron chi connectivity index (χ0n) is 10.9. The summed E-state index contributed by atoms with van der Waals surface area (Å²) in [6.45, 7) is 2.36. The lowest BCUT2D eigenvalue weighted by Gasteiger charge is -2.04. The molecule has 0 unspecified atom stereocenters. The minimum atomic E-state index is -3.70. The Bertz CT molecular complexity index is 535. The zero-order valence-corrected chi connectivity index (χ0v) is 11.7. The molecule has 1 aromatic rings. The SMILES string of the molecule is CCc1oc(C(=O)OC)cc1S(=O)(=O)NCCCN. The van der Waals surface area contributed by atoms with Crippen LogP contribution in [0.15, 0.2) is 15.4 Å². The summed E-state index contributed by atoms with van der Waals surface area (Å²) in [5, 5.41) is 0. The fourth-order valence-corrected chi connectivity index (χ4v) is 2.79. The van der Waals surface area contributed by atoms with Gasteiger partial charge in [-0.1, -0.05) is 6.92 Å². The normalized spacial score (nSPS) is 11.5. The van der Waals surface area contributed by atoms with E-state index < -0.39 is 16.0 Å². The van der Waals surface area contributed by atoms with Crippen LogP contribution in [0.4, 0.5) is 0 Å². The highest BCUT2D eigenvalue weighted by Crippen LogP contribution is 2.21. The van der Waals surface area contributed by atoms with Gasteiger partial charge in [0.2, 0.25) is 15.8 Å². The fraction of sp³-hybridized carbons (Fsp3) is 0.545. The minimum Gasteiger partial charge on any atom is -0.463 e. The van der Waals surface area contributed by atoms with Gasteiger partial charge in [0.05, 0.1) is 7.11 Å². The van der Waals surface area contributed by atoms with Gasteiger partial charge in [0.15, 0.2) is 0 Å². The molecule has 0 spiro atoms. The van der Waals surface area contributed by atoms with Crippen LogP contribution < -0.4 is 10.5 Å². The maximum absolute atomic E-state index is 12.0. The Labute approximate surface area is 112 Å². The maximum Gasteiger partial charge on any atom is 0.373 e. The third-order valence-corrected chi connectivity index (χ3v) is 3.95. The van der Waals surface area contributed by atoms with E-state index in [0.717, 1.165) is 0 Å². The van der Waals surface area contributed by atoms with Gasteiger partial charge in [-0.15, -0.1) is 0 Å². The van der Waals surface area contributed by atoms with Crippen LogP contribution in [0.5, 0.6) is 0 Å². The first-order valence-electron chi connectivity index (χ1n) is 5.87. The van der Waals surface area contributed by atoms with E-state index >= 15 is 0 Å². The van der Waals surface area contributed by atoms with Crippen LogP contribution >= 0.6 is 0 Å². The summed E-state index contributed by atoms with van der Waals surface area (Å²) in [6, 6.07) is 1.18. The molecule has 0 radical (unpaired) electrons. The molecular formula is C11H18N2O5S. The van der Waals surface area contributed by atoms with Crippen molar-refractivity contribution in [1.29, 1.82) is 0 Å². The van der Waals surface area contributed by atoms with Gasteiger partial charge in [-0.05, 0) is 13.0 Å². The second-order valence-electron chi connectivity index (χ2n) is 3.78. The second kappa shape index (κ2) is 6.69. The Kier molecular flexibility index (Phi) is 5.52. The lowest BCUT2D eigenvalue weighted by Crippen LogP contribution is -2.26. The Hall–Kier alpha value is -1.38. The topological polar surface area (TPSA) is 112 Å². The quantitative estimate of drug-likeness (QED) is 0.550. The van der Waals surface area contributed by atoms with Crippen LogP contribution in [-0.4, -0.2) is 34.6 Å². The van der Waals surface area contributed by atoms with Crippen molar-refractivity contribution in [3.05, 3.63) is 17.6 Å². The molecule has 108 valence electrons. The van der Waals surface area contributed by atoms with Crippen molar-refractivity contribution in [2.24, 2.45) is 5.73 Å². The predicted octanol–water partition coefficient (Wildman–Crippen LogP) is 0.256. The monoisotopic (exact) mass is 290 g/mol. The number of sulfonamides is 1. The zero-order chi connectivity index (χ0) is 14.5. The molecule has 3 N–H and O–H groups in total. The van der Waals surface area contributed by atoms with Crippen molar-refractivity contribution in [2.45, 2.75) is 24.7 Å². The van der Waals surface area contributed by atoms with Gasteiger partial charge in [0.25, 0.3) is 0 Å². The summed E-state index contributed by atoms with van der Waals surface area (Å²) in [4.78, 5) is 11.3. The first-order chi connectivity index (χ1) is 8.96. The molecule has 0 bridgehead atoms. The molecule has 0 amide bonds. The molecule has 0 aliphatic rings. The number of carbonyl (C=O) groups is 1. The first-order valence-corrected chi connectivity index (χ1v) is 7.35. The molecule has 0 aliphatic carbocycles. The second-order valence-corrected chi connectivity index (χ2v) is 5.52. The van der Waals surface area contributed by atoms with Gasteiger partial charge in [0.1, 0.15) is 10.7 Å². The highest BCUT2D eigenvalue weighted by atomic mass is 32.2. The summed E-state index contributed by atoms with van der Waals surface area (Å²) in [7, 11) is -2.50. The highest BCUT2D eigenvalue weighted by molar-refractivity contribution is 7.89. The largest absolute Gasteiger partial charge is 0.463 e. The number of esters is 1. The van der Waals surface area contributed by atoms with Crippen molar-refractivity contribution < 1.29 is 22.4 Å². The van der Waals surface area contributed by atoms with E-state index in [1.807, 2.05) is 0 Å². The highest BCUT2D eigenvalue weighted by Gasteiger charge is 2.25. The molecular weight excluding hydrogens is 272 g/mol. The van der Waals surface area contributed by atoms with E-state index in [2.05, 4.69) is 9.46 Å². The van der Waals surface area contributed by atoms with Gasteiger partial charge >= 0.3 is 5.97 Å². The molecule has 1 rings (SSSR count). The average Bonchev–Trinajstić information content (AvgIpc) is 2.83. The lowest BCUT2D eigenvalue weighted by molar-refractivity contribution is 0.0563. The molecule has 19 heavy (non-hydrogen) atoms. The number of methoxy groups -OCH3 is 1. The lowest BCUT2D eigenvalue weighted by atomic mass is 10.3. The summed E-state index contributed by atoms with van der Waals surface area (Å²) in [5.41, 5.74) is 5.30. The number of rotatable bonds is 7. The number of furan rings is 1. The van der Waals surface area contributed by atoms with Crippen molar-refractivity contribution in [3.63, 3.8) is 0 Å². The third kappa shape index (κ3) is 3.79. The number of aryl methyl sites for hydroxylation is 1. The van der Waals surface area contributed by atoms with Crippen molar-refractivity contribution >= 4 is 16.0 Å². The number of nitrogens with one attached hydrogen (secondary N) is 1. The van der Waals surface area contributed by atoms with Crippen molar-refractivity contribution in [2.75, 3.05) is 20.2 Å². The Morgan fingerprint density at radius 1 is 1.53 bits per heavy atom. The van der Waals surface area contributed by atoms with Crippen LogP contribution in [0.3, 0.4) is 0 Å². The van der Waals surface area contributed by atoms with Crippen LogP contribution in [0, 0.1) is 0 Å². The number of carbonyl (C=O) groups excluding carboxylic acids is 1. The molecule has 0 fully saturated rings. The number of hydrogen-bond donors (Lipinski definition) is 2. The van der Waals surface area contributed by atoms with Gasteiger partial charge in [-0.25, -0.2) is 17.9 Å². The maximum atomic E-state index is 12.0. The van der Waals surface area contributed by atoms with Gasteiger partial charge in [0, 0.05) is 19.0 Å². The summed E-state index contributed by atoms with van der Waals surface area (Å²) >= 11 is 0. The van der Waals surface area contributed by atoms with Crippen molar-refractivity contribution in [1.82, 2.24) is 4.72 Å². The smallest absolute Gasteiger partial charge is 0.373 e. The van der Waals surface area contributed by atoms with Crippen LogP contribution in [0.25, 0.3) is 0 Å². The van der Waals surface area contributed by atoms with E-state index in [4.69, 9.17) is 10.2 Å². The van der Waals surface area contributed by atoms with Crippen LogP contribution in [0.2, 0.25) is 0 Å². The fourth-order valence-electron chi connectivity index (χ4n) is 1.47. The van der Waals surface area contributed by atoms with Gasteiger partial charge < -0.3 is 14.9 Å².